The van der Waals surface area contributed by atoms with Gasteiger partial charge in [-0.25, -0.2) is 8.42 Å². The number of hydrogen-bond donors (Lipinski definition) is 4. The number of aromatic nitrogens is 1. The molecule has 9 heteroatoms. The average molecular weight is 431 g/mol. The minimum absolute atomic E-state index is 0.220. The highest BCUT2D eigenvalue weighted by atomic mass is 32.2. The van der Waals surface area contributed by atoms with E-state index in [4.69, 9.17) is 10.5 Å². The number of methoxy groups -OCH3 is 1. The third-order valence-electron chi connectivity index (χ3n) is 4.64. The quantitative estimate of drug-likeness (QED) is 0.459. The van der Waals surface area contributed by atoms with Crippen molar-refractivity contribution in [3.05, 3.63) is 47.7 Å². The van der Waals surface area contributed by atoms with Gasteiger partial charge in [-0.1, -0.05) is 32.9 Å². The number of rotatable bonds is 5. The summed E-state index contributed by atoms with van der Waals surface area (Å²) in [7, 11) is -2.14. The van der Waals surface area contributed by atoms with Gasteiger partial charge in [-0.3, -0.25) is 9.52 Å². The summed E-state index contributed by atoms with van der Waals surface area (Å²) in [6.45, 7) is 5.97. The average Bonchev–Trinajstić information content (AvgIpc) is 3.05. The molecule has 1 heterocycles. The van der Waals surface area contributed by atoms with Crippen LogP contribution < -0.4 is 20.5 Å². The molecule has 160 valence electrons. The summed E-state index contributed by atoms with van der Waals surface area (Å²) in [4.78, 5) is 16.0. The zero-order valence-corrected chi connectivity index (χ0v) is 18.4. The number of aromatic amines is 1. The maximum atomic E-state index is 12.9. The van der Waals surface area contributed by atoms with Gasteiger partial charge < -0.3 is 20.8 Å². The molecule has 30 heavy (non-hydrogen) atoms. The Balaban J connectivity index is 2.07. The zero-order chi connectivity index (χ0) is 22.3. The molecule has 0 fully saturated rings. The number of sulfonamides is 1. The molecule has 0 aliphatic carbocycles. The molecule has 0 unspecified atom stereocenters. The van der Waals surface area contributed by atoms with Gasteiger partial charge in [-0.05, 0) is 35.2 Å². The summed E-state index contributed by atoms with van der Waals surface area (Å²) in [5.41, 5.74) is 8.64. The van der Waals surface area contributed by atoms with Crippen LogP contribution in [-0.2, 0) is 15.4 Å². The van der Waals surface area contributed by atoms with E-state index in [1.807, 2.05) is 32.9 Å². The number of carbonyl (C=O) groups excluding carboxylic acids is 1. The highest BCUT2D eigenvalue weighted by Gasteiger charge is 2.23. The lowest BCUT2D eigenvalue weighted by atomic mass is 9.86. The van der Waals surface area contributed by atoms with Gasteiger partial charge >= 0.3 is 0 Å². The minimum Gasteiger partial charge on any atom is -0.492 e. The van der Waals surface area contributed by atoms with Gasteiger partial charge in [0.15, 0.2) is 5.75 Å². The van der Waals surface area contributed by atoms with Crippen LogP contribution in [0.2, 0.25) is 0 Å². The summed E-state index contributed by atoms with van der Waals surface area (Å²) in [6, 6.07) is 10.6. The first-order chi connectivity index (χ1) is 13.9. The molecule has 8 nitrogen and oxygen atoms in total. The van der Waals surface area contributed by atoms with Crippen molar-refractivity contribution >= 4 is 43.9 Å². The SMILES string of the molecule is COc1c(NC(=O)c2cc3cccc(N)c3[nH]2)cc(C(C)(C)C)cc1NS(C)(=O)=O. The van der Waals surface area contributed by atoms with E-state index in [9.17, 15) is 13.2 Å². The van der Waals surface area contributed by atoms with Gasteiger partial charge in [0.1, 0.15) is 5.69 Å². The van der Waals surface area contributed by atoms with Crippen LogP contribution in [0, 0.1) is 0 Å². The first-order valence-electron chi connectivity index (χ1n) is 9.28. The Labute approximate surface area is 175 Å². The monoisotopic (exact) mass is 430 g/mol. The number of nitrogen functional groups attached to an aromatic ring is 1. The number of nitrogens with two attached hydrogens (primary N) is 1. The molecular formula is C21H26N4O4S. The maximum Gasteiger partial charge on any atom is 0.272 e. The van der Waals surface area contributed by atoms with E-state index in [1.54, 1.807) is 24.3 Å². The van der Waals surface area contributed by atoms with E-state index in [2.05, 4.69) is 15.0 Å². The van der Waals surface area contributed by atoms with Crippen molar-refractivity contribution in [1.29, 1.82) is 0 Å². The molecule has 0 aliphatic heterocycles. The van der Waals surface area contributed by atoms with Crippen LogP contribution in [0.4, 0.5) is 17.1 Å². The molecule has 0 aliphatic rings. The predicted molar refractivity (Wildman–Crippen MR) is 121 cm³/mol. The Morgan fingerprint density at radius 1 is 1.13 bits per heavy atom. The molecule has 0 saturated carbocycles. The largest absolute Gasteiger partial charge is 0.492 e. The Morgan fingerprint density at radius 2 is 1.80 bits per heavy atom. The van der Waals surface area contributed by atoms with Crippen LogP contribution in [-0.4, -0.2) is 32.7 Å². The molecule has 5 N–H and O–H groups in total. The summed E-state index contributed by atoms with van der Waals surface area (Å²) in [6.07, 6.45) is 1.06. The number of H-pyrrole nitrogens is 1. The lowest BCUT2D eigenvalue weighted by Crippen LogP contribution is -2.18. The number of anilines is 3. The van der Waals surface area contributed by atoms with Crippen LogP contribution in [0.5, 0.6) is 5.75 Å². The second-order valence-electron chi connectivity index (χ2n) is 8.18. The second kappa shape index (κ2) is 7.56. The highest BCUT2D eigenvalue weighted by molar-refractivity contribution is 7.92. The van der Waals surface area contributed by atoms with E-state index in [-0.39, 0.29) is 16.9 Å². The lowest BCUT2D eigenvalue weighted by molar-refractivity contribution is 0.102. The van der Waals surface area contributed by atoms with Crippen LogP contribution in [0.3, 0.4) is 0 Å². The number of fused-ring (bicyclic) bond motifs is 1. The standard InChI is InChI=1S/C21H26N4O4S/c1-21(2,3)13-10-15(19(29-4)16(11-13)25-30(5,27)28)24-20(26)17-9-12-7-6-8-14(22)18(12)23-17/h6-11,23,25H,22H2,1-5H3,(H,24,26). The van der Waals surface area contributed by atoms with Crippen LogP contribution in [0.1, 0.15) is 36.8 Å². The number of para-hydroxylation sites is 1. The molecule has 3 aromatic rings. The van der Waals surface area contributed by atoms with Crippen LogP contribution in [0.15, 0.2) is 36.4 Å². The highest BCUT2D eigenvalue weighted by Crippen LogP contribution is 2.39. The zero-order valence-electron chi connectivity index (χ0n) is 17.6. The van der Waals surface area contributed by atoms with Crippen molar-refractivity contribution in [3.63, 3.8) is 0 Å². The topological polar surface area (TPSA) is 126 Å². The number of ether oxygens (including phenoxy) is 1. The van der Waals surface area contributed by atoms with Gasteiger partial charge in [-0.2, -0.15) is 0 Å². The van der Waals surface area contributed by atoms with E-state index >= 15 is 0 Å². The molecule has 0 atom stereocenters. The first-order valence-corrected chi connectivity index (χ1v) is 11.2. The predicted octanol–water partition coefficient (Wildman–Crippen LogP) is 3.68. The molecule has 0 spiro atoms. The van der Waals surface area contributed by atoms with E-state index in [0.717, 1.165) is 17.2 Å². The summed E-state index contributed by atoms with van der Waals surface area (Å²) in [5.74, 6) is -0.183. The van der Waals surface area contributed by atoms with Crippen LogP contribution >= 0.6 is 0 Å². The summed E-state index contributed by atoms with van der Waals surface area (Å²) >= 11 is 0. The van der Waals surface area contributed by atoms with E-state index in [1.165, 1.54) is 7.11 Å². The van der Waals surface area contributed by atoms with Gasteiger partial charge in [0.05, 0.1) is 35.9 Å². The fraction of sp³-hybridized carbons (Fsp3) is 0.286. The Kier molecular flexibility index (Phi) is 5.42. The Hall–Kier alpha value is -3.20. The Bertz CT molecular complexity index is 1220. The first kappa shape index (κ1) is 21.5. The third kappa shape index (κ3) is 4.51. The van der Waals surface area contributed by atoms with Crippen LogP contribution in [0.25, 0.3) is 10.9 Å². The summed E-state index contributed by atoms with van der Waals surface area (Å²) in [5, 5.41) is 3.64. The minimum atomic E-state index is -3.55. The smallest absolute Gasteiger partial charge is 0.272 e. The molecule has 1 amide bonds. The van der Waals surface area contributed by atoms with E-state index < -0.39 is 15.9 Å². The Morgan fingerprint density at radius 3 is 2.37 bits per heavy atom. The molecule has 0 radical (unpaired) electrons. The number of nitrogens with one attached hydrogen (secondary N) is 3. The van der Waals surface area contributed by atoms with Gasteiger partial charge in [0, 0.05) is 5.39 Å². The number of hydrogen-bond acceptors (Lipinski definition) is 5. The van der Waals surface area contributed by atoms with Gasteiger partial charge in [0.25, 0.3) is 5.91 Å². The fourth-order valence-electron chi connectivity index (χ4n) is 3.14. The molecule has 3 rings (SSSR count). The molecule has 2 aromatic carbocycles. The van der Waals surface area contributed by atoms with E-state index in [0.29, 0.717) is 22.6 Å². The van der Waals surface area contributed by atoms with Crippen molar-refractivity contribution in [1.82, 2.24) is 4.98 Å². The van der Waals surface area contributed by atoms with Crippen molar-refractivity contribution in [2.45, 2.75) is 26.2 Å². The maximum absolute atomic E-state index is 12.9. The number of amides is 1. The second-order valence-corrected chi connectivity index (χ2v) is 9.93. The van der Waals surface area contributed by atoms with Crippen molar-refractivity contribution in [2.24, 2.45) is 0 Å². The van der Waals surface area contributed by atoms with Crippen molar-refractivity contribution in [3.8, 4) is 5.75 Å². The van der Waals surface area contributed by atoms with Crippen molar-refractivity contribution in [2.75, 3.05) is 29.1 Å². The third-order valence-corrected chi connectivity index (χ3v) is 5.23. The molecule has 0 saturated heterocycles. The normalized spacial score (nSPS) is 12.0. The summed E-state index contributed by atoms with van der Waals surface area (Å²) < 4.78 is 31.6. The van der Waals surface area contributed by atoms with Crippen molar-refractivity contribution < 1.29 is 17.9 Å². The molecular weight excluding hydrogens is 404 g/mol. The molecule has 0 bridgehead atoms. The number of benzene rings is 2. The fourth-order valence-corrected chi connectivity index (χ4v) is 3.69. The molecule has 1 aromatic heterocycles. The lowest BCUT2D eigenvalue weighted by Gasteiger charge is -2.23. The van der Waals surface area contributed by atoms with Gasteiger partial charge in [-0.15, -0.1) is 0 Å². The van der Waals surface area contributed by atoms with Gasteiger partial charge in [0.2, 0.25) is 10.0 Å². The number of carbonyl (C=O) groups is 1.